The molecule has 0 aliphatic carbocycles. The maximum Gasteiger partial charge on any atom is 0.407 e. The van der Waals surface area contributed by atoms with E-state index in [4.69, 9.17) is 4.74 Å². The van der Waals surface area contributed by atoms with Crippen LogP contribution in [0.5, 0.6) is 5.75 Å². The molecular weight excluding hydrogens is 473 g/mol. The third-order valence-corrected chi connectivity index (χ3v) is 6.43. The first-order valence-electron chi connectivity index (χ1n) is 11.4. The summed E-state index contributed by atoms with van der Waals surface area (Å²) in [7, 11) is 1.54. The standard InChI is InChI=1S/C27H25F3N2O4/c1-36-19-9-7-18(8-10-19)14-31-16-25(32(27(34)35)15-17-5-3-2-4-6-17)21(12-26(31)33)20-11-23(29)24(30)13-22(20)28/h2-11,13,21,25H,12,14-16H2,1H3,(H,34,35). The molecule has 1 fully saturated rings. The SMILES string of the molecule is COc1ccc(CN2CC(N(Cc3ccccc3)C(=O)O)C(c3cc(F)c(F)cc3F)CC2=O)cc1. The molecule has 6 nitrogen and oxygen atoms in total. The van der Waals surface area contributed by atoms with Gasteiger partial charge >= 0.3 is 6.09 Å². The smallest absolute Gasteiger partial charge is 0.407 e. The number of hydrogen-bond donors (Lipinski definition) is 1. The van der Waals surface area contributed by atoms with Gasteiger partial charge in [-0.3, -0.25) is 9.69 Å². The van der Waals surface area contributed by atoms with Crippen LogP contribution in [-0.2, 0) is 17.9 Å². The van der Waals surface area contributed by atoms with Gasteiger partial charge in [-0.15, -0.1) is 0 Å². The molecule has 2 unspecified atom stereocenters. The Bertz CT molecular complexity index is 1240. The van der Waals surface area contributed by atoms with Crippen molar-refractivity contribution in [3.63, 3.8) is 0 Å². The van der Waals surface area contributed by atoms with Gasteiger partial charge in [-0.25, -0.2) is 18.0 Å². The average Bonchev–Trinajstić information content (AvgIpc) is 2.87. The molecule has 3 aromatic carbocycles. The lowest BCUT2D eigenvalue weighted by Gasteiger charge is -2.43. The molecule has 0 saturated carbocycles. The second-order valence-corrected chi connectivity index (χ2v) is 8.68. The Morgan fingerprint density at radius 2 is 1.67 bits per heavy atom. The van der Waals surface area contributed by atoms with E-state index in [0.29, 0.717) is 17.4 Å². The second-order valence-electron chi connectivity index (χ2n) is 8.68. The molecule has 0 spiro atoms. The van der Waals surface area contributed by atoms with Gasteiger partial charge in [0.15, 0.2) is 11.6 Å². The number of methoxy groups -OCH3 is 1. The molecule has 188 valence electrons. The van der Waals surface area contributed by atoms with Gasteiger partial charge in [0.05, 0.1) is 13.2 Å². The van der Waals surface area contributed by atoms with Crippen LogP contribution in [0.2, 0.25) is 0 Å². The van der Waals surface area contributed by atoms with Gasteiger partial charge in [0.2, 0.25) is 5.91 Å². The highest BCUT2D eigenvalue weighted by Crippen LogP contribution is 2.36. The number of benzene rings is 3. The van der Waals surface area contributed by atoms with E-state index >= 15 is 0 Å². The fourth-order valence-electron chi connectivity index (χ4n) is 4.57. The third-order valence-electron chi connectivity index (χ3n) is 6.43. The van der Waals surface area contributed by atoms with E-state index < -0.39 is 35.5 Å². The normalized spacial score (nSPS) is 17.7. The minimum atomic E-state index is -1.35. The number of piperidine rings is 1. The molecule has 1 N–H and O–H groups in total. The zero-order valence-corrected chi connectivity index (χ0v) is 19.5. The van der Waals surface area contributed by atoms with Crippen molar-refractivity contribution >= 4 is 12.0 Å². The van der Waals surface area contributed by atoms with Crippen LogP contribution in [0.3, 0.4) is 0 Å². The number of carboxylic acid groups (broad SMARTS) is 1. The summed E-state index contributed by atoms with van der Waals surface area (Å²) in [6.07, 6.45) is -1.53. The van der Waals surface area contributed by atoms with Crippen molar-refractivity contribution in [1.29, 1.82) is 0 Å². The zero-order valence-electron chi connectivity index (χ0n) is 19.5. The zero-order chi connectivity index (χ0) is 25.8. The van der Waals surface area contributed by atoms with Gasteiger partial charge in [0.25, 0.3) is 0 Å². The molecule has 2 amide bonds. The molecule has 1 heterocycles. The number of carbonyl (C=O) groups is 2. The first kappa shape index (κ1) is 25.1. The Kier molecular flexibility index (Phi) is 7.47. The lowest BCUT2D eigenvalue weighted by atomic mass is 9.83. The van der Waals surface area contributed by atoms with E-state index in [0.717, 1.165) is 16.5 Å². The van der Waals surface area contributed by atoms with Gasteiger partial charge in [0.1, 0.15) is 11.6 Å². The molecule has 9 heteroatoms. The minimum absolute atomic E-state index is 0.0206. The van der Waals surface area contributed by atoms with Gasteiger partial charge in [-0.05, 0) is 34.9 Å². The highest BCUT2D eigenvalue weighted by Gasteiger charge is 2.41. The molecule has 1 aliphatic rings. The number of likely N-dealkylation sites (tertiary alicyclic amines) is 1. The highest BCUT2D eigenvalue weighted by atomic mass is 19.2. The summed E-state index contributed by atoms with van der Waals surface area (Å²) in [6.45, 7) is 0.130. The molecule has 0 bridgehead atoms. The van der Waals surface area contributed by atoms with Crippen LogP contribution in [0.4, 0.5) is 18.0 Å². The summed E-state index contributed by atoms with van der Waals surface area (Å²) in [5.41, 5.74) is 1.27. The molecule has 1 aliphatic heterocycles. The fourth-order valence-corrected chi connectivity index (χ4v) is 4.57. The van der Waals surface area contributed by atoms with E-state index in [9.17, 15) is 27.9 Å². The molecule has 3 aromatic rings. The van der Waals surface area contributed by atoms with Gasteiger partial charge in [-0.2, -0.15) is 0 Å². The van der Waals surface area contributed by atoms with E-state index in [1.54, 1.807) is 61.7 Å². The van der Waals surface area contributed by atoms with E-state index in [1.807, 2.05) is 0 Å². The number of nitrogens with zero attached hydrogens (tertiary/aromatic N) is 2. The molecule has 36 heavy (non-hydrogen) atoms. The summed E-state index contributed by atoms with van der Waals surface area (Å²) in [6, 6.07) is 16.2. The number of amides is 2. The molecular formula is C27H25F3N2O4. The van der Waals surface area contributed by atoms with Crippen molar-refractivity contribution in [2.24, 2.45) is 0 Å². The fraction of sp³-hybridized carbons (Fsp3) is 0.259. The summed E-state index contributed by atoms with van der Waals surface area (Å²) >= 11 is 0. The molecule has 0 aromatic heterocycles. The Morgan fingerprint density at radius 3 is 2.31 bits per heavy atom. The number of hydrogen-bond acceptors (Lipinski definition) is 3. The van der Waals surface area contributed by atoms with Crippen LogP contribution in [0.15, 0.2) is 66.7 Å². The predicted octanol–water partition coefficient (Wildman–Crippen LogP) is 5.18. The van der Waals surface area contributed by atoms with Gasteiger partial charge in [0, 0.05) is 38.0 Å². The number of rotatable bonds is 7. The monoisotopic (exact) mass is 498 g/mol. The maximum absolute atomic E-state index is 14.8. The van der Waals surface area contributed by atoms with E-state index in [1.165, 1.54) is 4.90 Å². The van der Waals surface area contributed by atoms with E-state index in [2.05, 4.69) is 0 Å². The second kappa shape index (κ2) is 10.7. The largest absolute Gasteiger partial charge is 0.497 e. The first-order valence-corrected chi connectivity index (χ1v) is 11.4. The van der Waals surface area contributed by atoms with Crippen molar-refractivity contribution in [1.82, 2.24) is 9.80 Å². The summed E-state index contributed by atoms with van der Waals surface area (Å²) in [5.74, 6) is -4.33. The maximum atomic E-state index is 14.8. The van der Waals surface area contributed by atoms with E-state index in [-0.39, 0.29) is 37.5 Å². The Labute approximate surface area is 206 Å². The number of ether oxygens (including phenoxy) is 1. The van der Waals surface area contributed by atoms with Crippen molar-refractivity contribution in [2.45, 2.75) is 31.5 Å². The number of halogens is 3. The predicted molar refractivity (Wildman–Crippen MR) is 126 cm³/mol. The summed E-state index contributed by atoms with van der Waals surface area (Å²) in [5, 5.41) is 10.1. The molecule has 4 rings (SSSR count). The molecule has 1 saturated heterocycles. The van der Waals surface area contributed by atoms with Crippen LogP contribution in [0, 0.1) is 17.5 Å². The van der Waals surface area contributed by atoms with Crippen molar-refractivity contribution < 1.29 is 32.6 Å². The van der Waals surface area contributed by atoms with Crippen LogP contribution < -0.4 is 4.74 Å². The van der Waals surface area contributed by atoms with Crippen LogP contribution in [-0.4, -0.2) is 46.6 Å². The van der Waals surface area contributed by atoms with Crippen molar-refractivity contribution in [2.75, 3.05) is 13.7 Å². The van der Waals surface area contributed by atoms with Crippen LogP contribution in [0.1, 0.15) is 29.0 Å². The van der Waals surface area contributed by atoms with Gasteiger partial charge < -0.3 is 14.7 Å². The third kappa shape index (κ3) is 5.45. The van der Waals surface area contributed by atoms with Crippen LogP contribution in [0.25, 0.3) is 0 Å². The topological polar surface area (TPSA) is 70.1 Å². The number of carbonyl (C=O) groups excluding carboxylic acids is 1. The highest BCUT2D eigenvalue weighted by molar-refractivity contribution is 5.79. The van der Waals surface area contributed by atoms with Crippen molar-refractivity contribution in [3.8, 4) is 5.75 Å². The summed E-state index contributed by atoms with van der Waals surface area (Å²) in [4.78, 5) is 28.1. The minimum Gasteiger partial charge on any atom is -0.497 e. The quantitative estimate of drug-likeness (QED) is 0.456. The Hall–Kier alpha value is -4.01. The Balaban J connectivity index is 1.70. The van der Waals surface area contributed by atoms with Crippen molar-refractivity contribution in [3.05, 3.63) is 101 Å². The molecule has 2 atom stereocenters. The van der Waals surface area contributed by atoms with Gasteiger partial charge in [-0.1, -0.05) is 42.5 Å². The average molecular weight is 499 g/mol. The lowest BCUT2D eigenvalue weighted by Crippen LogP contribution is -2.54. The lowest BCUT2D eigenvalue weighted by molar-refractivity contribution is -0.137. The summed E-state index contributed by atoms with van der Waals surface area (Å²) < 4.78 is 47.7. The Morgan fingerprint density at radius 1 is 1.00 bits per heavy atom. The molecule has 0 radical (unpaired) electrons. The first-order chi connectivity index (χ1) is 17.3. The van der Waals surface area contributed by atoms with Crippen LogP contribution >= 0.6 is 0 Å².